The number of hydrogen-bond acceptors (Lipinski definition) is 0. The summed E-state index contributed by atoms with van der Waals surface area (Å²) in [5, 5.41) is 2.44. The molecule has 0 amide bonds. The zero-order valence-corrected chi connectivity index (χ0v) is 7.20. The lowest BCUT2D eigenvalue weighted by Gasteiger charge is -2.18. The van der Waals surface area contributed by atoms with E-state index >= 15 is 0 Å². The van der Waals surface area contributed by atoms with Crippen molar-refractivity contribution >= 4 is 0 Å². The predicted molar refractivity (Wildman–Crippen MR) is 34.7 cm³/mol. The van der Waals surface area contributed by atoms with Crippen LogP contribution in [0.2, 0.25) is 0 Å². The second-order valence-electron chi connectivity index (χ2n) is 3.50. The first-order chi connectivity index (χ1) is 3.63. The fraction of sp³-hybridized carbons (Fsp3) is 1.00. The van der Waals surface area contributed by atoms with Gasteiger partial charge in [0.15, 0.2) is 0 Å². The summed E-state index contributed by atoms with van der Waals surface area (Å²) in [7, 11) is 0. The van der Waals surface area contributed by atoms with Gasteiger partial charge in [-0.05, 0) is 13.8 Å². The molecular formula is C7H16ClN. The predicted octanol–water partition coefficient (Wildman–Crippen LogP) is -2.63. The van der Waals surface area contributed by atoms with E-state index in [0.717, 1.165) is 5.92 Å². The van der Waals surface area contributed by atoms with Crippen molar-refractivity contribution in [3.05, 3.63) is 0 Å². The van der Waals surface area contributed by atoms with Crippen molar-refractivity contribution in [2.24, 2.45) is 5.92 Å². The fourth-order valence-electron chi connectivity index (χ4n) is 1.28. The number of halogens is 1. The quantitative estimate of drug-likeness (QED) is 0.388. The monoisotopic (exact) mass is 149 g/mol. The first kappa shape index (κ1) is 9.25. The van der Waals surface area contributed by atoms with Gasteiger partial charge in [-0.25, -0.2) is 0 Å². The van der Waals surface area contributed by atoms with Gasteiger partial charge in [-0.1, -0.05) is 6.92 Å². The maximum Gasteiger partial charge on any atom is 0.0932 e. The molecule has 1 nitrogen and oxygen atoms in total. The van der Waals surface area contributed by atoms with Gasteiger partial charge in [0.2, 0.25) is 0 Å². The van der Waals surface area contributed by atoms with Gasteiger partial charge in [-0.2, -0.15) is 0 Å². The zero-order valence-electron chi connectivity index (χ0n) is 6.45. The summed E-state index contributed by atoms with van der Waals surface area (Å²) in [4.78, 5) is 0. The molecule has 56 valence electrons. The average molecular weight is 150 g/mol. The molecule has 1 aliphatic heterocycles. The van der Waals surface area contributed by atoms with Crippen LogP contribution < -0.4 is 17.7 Å². The minimum absolute atomic E-state index is 0. The average Bonchev–Trinajstić information content (AvgIpc) is 1.86. The van der Waals surface area contributed by atoms with Gasteiger partial charge in [0, 0.05) is 12.3 Å². The minimum atomic E-state index is 0. The molecule has 1 aliphatic rings. The Morgan fingerprint density at radius 3 is 2.11 bits per heavy atom. The molecule has 1 heterocycles. The summed E-state index contributed by atoms with van der Waals surface area (Å²) < 4.78 is 0. The van der Waals surface area contributed by atoms with Crippen molar-refractivity contribution in [1.29, 1.82) is 0 Å². The number of quaternary nitrogens is 1. The van der Waals surface area contributed by atoms with Gasteiger partial charge in [-0.3, -0.25) is 0 Å². The van der Waals surface area contributed by atoms with Crippen molar-refractivity contribution in [1.82, 2.24) is 0 Å². The second-order valence-corrected chi connectivity index (χ2v) is 3.50. The summed E-state index contributed by atoms with van der Waals surface area (Å²) in [5.74, 6) is 0.905. The van der Waals surface area contributed by atoms with Crippen molar-refractivity contribution in [3.63, 3.8) is 0 Å². The third kappa shape index (κ3) is 1.84. The third-order valence-electron chi connectivity index (χ3n) is 2.54. The molecule has 1 atom stereocenters. The second kappa shape index (κ2) is 2.89. The molecule has 0 aromatic rings. The summed E-state index contributed by atoms with van der Waals surface area (Å²) in [6.07, 6.45) is 1.40. The number of hydrogen-bond donors (Lipinski definition) is 1. The molecule has 0 unspecified atom stereocenters. The Labute approximate surface area is 63.6 Å². The molecule has 2 N–H and O–H groups in total. The molecule has 0 aromatic heterocycles. The van der Waals surface area contributed by atoms with E-state index < -0.39 is 0 Å². The van der Waals surface area contributed by atoms with Crippen molar-refractivity contribution < 1.29 is 17.7 Å². The first-order valence-corrected chi connectivity index (χ1v) is 3.47. The standard InChI is InChI=1S/C7H15N.ClH/c1-6-4-5-8-7(6,2)3;/h6,8H,4-5H2,1-3H3;1H/t6-;/m1./s1. The van der Waals surface area contributed by atoms with Crippen LogP contribution in [0.5, 0.6) is 0 Å². The molecule has 0 aliphatic carbocycles. The zero-order chi connectivity index (χ0) is 6.20. The third-order valence-corrected chi connectivity index (χ3v) is 2.54. The van der Waals surface area contributed by atoms with Gasteiger partial charge in [0.1, 0.15) is 0 Å². The Kier molecular flexibility index (Phi) is 2.97. The molecule has 0 radical (unpaired) electrons. The van der Waals surface area contributed by atoms with E-state index in [4.69, 9.17) is 0 Å². The van der Waals surface area contributed by atoms with Crippen LogP contribution in [0.3, 0.4) is 0 Å². The summed E-state index contributed by atoms with van der Waals surface area (Å²) in [5.41, 5.74) is 0.528. The molecule has 2 heteroatoms. The lowest BCUT2D eigenvalue weighted by molar-refractivity contribution is -0.704. The van der Waals surface area contributed by atoms with Gasteiger partial charge < -0.3 is 17.7 Å². The van der Waals surface area contributed by atoms with E-state index in [-0.39, 0.29) is 12.4 Å². The SMILES string of the molecule is C[C@@H]1CC[NH2+]C1(C)C.[Cl-]. The van der Waals surface area contributed by atoms with Crippen molar-refractivity contribution in [3.8, 4) is 0 Å². The maximum absolute atomic E-state index is 2.44. The molecule has 9 heavy (non-hydrogen) atoms. The molecule has 0 aromatic carbocycles. The Morgan fingerprint density at radius 1 is 1.44 bits per heavy atom. The van der Waals surface area contributed by atoms with Crippen molar-refractivity contribution in [2.75, 3.05) is 6.54 Å². The molecule has 1 rings (SSSR count). The molecule has 0 bridgehead atoms. The van der Waals surface area contributed by atoms with Gasteiger partial charge in [0.05, 0.1) is 12.1 Å². The molecule has 1 fully saturated rings. The first-order valence-electron chi connectivity index (χ1n) is 3.47. The largest absolute Gasteiger partial charge is 1.00 e. The highest BCUT2D eigenvalue weighted by Crippen LogP contribution is 2.18. The highest BCUT2D eigenvalue weighted by atomic mass is 35.5. The molecular weight excluding hydrogens is 134 g/mol. The molecule has 0 saturated carbocycles. The van der Waals surface area contributed by atoms with Crippen LogP contribution in [0.15, 0.2) is 0 Å². The van der Waals surface area contributed by atoms with Crippen molar-refractivity contribution in [2.45, 2.75) is 32.7 Å². The highest BCUT2D eigenvalue weighted by molar-refractivity contribution is 4.76. The number of rotatable bonds is 0. The smallest absolute Gasteiger partial charge is 0.0932 e. The Morgan fingerprint density at radius 2 is 2.00 bits per heavy atom. The Balaban J connectivity index is 0.000000640. The van der Waals surface area contributed by atoms with Crippen LogP contribution in [-0.2, 0) is 0 Å². The molecule has 1 saturated heterocycles. The van der Waals surface area contributed by atoms with Crippen LogP contribution in [0.25, 0.3) is 0 Å². The normalized spacial score (nSPS) is 31.7. The van der Waals surface area contributed by atoms with Crippen LogP contribution >= 0.6 is 0 Å². The lowest BCUT2D eigenvalue weighted by atomic mass is 9.91. The van der Waals surface area contributed by atoms with E-state index in [1.54, 1.807) is 0 Å². The topological polar surface area (TPSA) is 16.6 Å². The van der Waals surface area contributed by atoms with Gasteiger partial charge in [0.25, 0.3) is 0 Å². The summed E-state index contributed by atoms with van der Waals surface area (Å²) in [6.45, 7) is 8.31. The Hall–Kier alpha value is 0.250. The van der Waals surface area contributed by atoms with Gasteiger partial charge in [-0.15, -0.1) is 0 Å². The van der Waals surface area contributed by atoms with E-state index in [1.807, 2.05) is 0 Å². The maximum atomic E-state index is 2.44. The highest BCUT2D eigenvalue weighted by Gasteiger charge is 2.34. The van der Waals surface area contributed by atoms with E-state index in [9.17, 15) is 0 Å². The fourth-order valence-corrected chi connectivity index (χ4v) is 1.28. The summed E-state index contributed by atoms with van der Waals surface area (Å²) in [6, 6.07) is 0. The van der Waals surface area contributed by atoms with Crippen LogP contribution in [0, 0.1) is 5.92 Å². The van der Waals surface area contributed by atoms with Gasteiger partial charge >= 0.3 is 0 Å². The van der Waals surface area contributed by atoms with E-state index in [1.165, 1.54) is 13.0 Å². The Bertz CT molecular complexity index is 90.9. The molecule has 0 spiro atoms. The lowest BCUT2D eigenvalue weighted by Crippen LogP contribution is -3.00. The van der Waals surface area contributed by atoms with E-state index in [2.05, 4.69) is 26.1 Å². The van der Waals surface area contributed by atoms with Crippen LogP contribution in [-0.4, -0.2) is 12.1 Å². The summed E-state index contributed by atoms with van der Waals surface area (Å²) >= 11 is 0. The van der Waals surface area contributed by atoms with Crippen LogP contribution in [0.4, 0.5) is 0 Å². The van der Waals surface area contributed by atoms with Crippen LogP contribution in [0.1, 0.15) is 27.2 Å². The number of nitrogens with two attached hydrogens (primary N) is 1. The minimum Gasteiger partial charge on any atom is -1.00 e. The van der Waals surface area contributed by atoms with E-state index in [0.29, 0.717) is 5.54 Å².